The number of carbonyl (C=O) groups excluding carboxylic acids is 1. The lowest BCUT2D eigenvalue weighted by Gasteiger charge is -2.35. The number of halogens is 1. The van der Waals surface area contributed by atoms with Crippen LogP contribution in [0.25, 0.3) is 0 Å². The summed E-state index contributed by atoms with van der Waals surface area (Å²) >= 11 is 6.16. The Morgan fingerprint density at radius 2 is 1.48 bits per heavy atom. The Hall–Kier alpha value is -2.62. The molecule has 0 aromatic heterocycles. The van der Waals surface area contributed by atoms with Crippen LogP contribution in [0.3, 0.4) is 0 Å². The van der Waals surface area contributed by atoms with Crippen LogP contribution in [0.5, 0.6) is 0 Å². The number of hydrogen-bond donors (Lipinski definition) is 0. The first-order chi connectivity index (χ1) is 15.2. The van der Waals surface area contributed by atoms with Gasteiger partial charge in [0.1, 0.15) is 0 Å². The summed E-state index contributed by atoms with van der Waals surface area (Å²) in [5, 5.41) is 0.763. The molecule has 0 N–H and O–H groups in total. The summed E-state index contributed by atoms with van der Waals surface area (Å²) in [7, 11) is 0. The van der Waals surface area contributed by atoms with Crippen LogP contribution in [0.2, 0.25) is 5.02 Å². The highest BCUT2D eigenvalue weighted by Crippen LogP contribution is 2.23. The van der Waals surface area contributed by atoms with Gasteiger partial charge in [-0.25, -0.2) is 0 Å². The highest BCUT2D eigenvalue weighted by Gasteiger charge is 2.29. The molecule has 3 nitrogen and oxygen atoms in total. The van der Waals surface area contributed by atoms with Crippen molar-refractivity contribution in [2.75, 3.05) is 13.1 Å². The van der Waals surface area contributed by atoms with Crippen LogP contribution in [0.1, 0.15) is 29.5 Å². The maximum atomic E-state index is 13.6. The van der Waals surface area contributed by atoms with E-state index in [9.17, 15) is 4.79 Å². The van der Waals surface area contributed by atoms with Crippen molar-refractivity contribution in [2.24, 2.45) is 5.92 Å². The number of amides is 1. The van der Waals surface area contributed by atoms with E-state index in [1.165, 1.54) is 16.7 Å². The second-order valence-corrected chi connectivity index (χ2v) is 8.81. The van der Waals surface area contributed by atoms with Crippen LogP contribution < -0.4 is 0 Å². The lowest BCUT2D eigenvalue weighted by atomic mass is 9.95. The molecule has 0 radical (unpaired) electrons. The minimum atomic E-state index is 0.0281. The predicted molar refractivity (Wildman–Crippen MR) is 127 cm³/mol. The van der Waals surface area contributed by atoms with Crippen LogP contribution in [0, 0.1) is 5.92 Å². The van der Waals surface area contributed by atoms with Gasteiger partial charge in [0.2, 0.25) is 5.91 Å². The maximum Gasteiger partial charge on any atom is 0.227 e. The molecule has 0 saturated carbocycles. The van der Waals surface area contributed by atoms with Crippen molar-refractivity contribution >= 4 is 17.5 Å². The number of rotatable bonds is 7. The Kier molecular flexibility index (Phi) is 7.39. The van der Waals surface area contributed by atoms with Crippen LogP contribution in [-0.4, -0.2) is 28.8 Å². The summed E-state index contributed by atoms with van der Waals surface area (Å²) in [6, 6.07) is 28.6. The highest BCUT2D eigenvalue weighted by atomic mass is 35.5. The largest absolute Gasteiger partial charge is 0.334 e. The number of carbonyl (C=O) groups is 1. The average Bonchev–Trinajstić information content (AvgIpc) is 2.80. The van der Waals surface area contributed by atoms with Gasteiger partial charge >= 0.3 is 0 Å². The van der Waals surface area contributed by atoms with Gasteiger partial charge in [0.15, 0.2) is 0 Å². The van der Waals surface area contributed by atoms with Gasteiger partial charge in [-0.3, -0.25) is 9.69 Å². The van der Waals surface area contributed by atoms with E-state index in [-0.39, 0.29) is 11.8 Å². The van der Waals surface area contributed by atoms with Crippen molar-refractivity contribution in [3.63, 3.8) is 0 Å². The number of piperidine rings is 1. The van der Waals surface area contributed by atoms with Gasteiger partial charge in [0.25, 0.3) is 0 Å². The molecule has 0 bridgehead atoms. The first-order valence-electron chi connectivity index (χ1n) is 11.0. The molecule has 0 spiro atoms. The van der Waals surface area contributed by atoms with Crippen molar-refractivity contribution in [1.82, 2.24) is 9.80 Å². The molecular formula is C27H29ClN2O. The Bertz CT molecular complexity index is 935. The normalized spacial score (nSPS) is 16.7. The summed E-state index contributed by atoms with van der Waals surface area (Å²) in [5.74, 6) is 0.281. The minimum Gasteiger partial charge on any atom is -0.334 e. The van der Waals surface area contributed by atoms with Crippen molar-refractivity contribution < 1.29 is 4.79 Å². The molecule has 4 heteroatoms. The zero-order chi connectivity index (χ0) is 21.5. The third-order valence-corrected chi connectivity index (χ3v) is 6.13. The molecule has 160 valence electrons. The van der Waals surface area contributed by atoms with Crippen LogP contribution >= 0.6 is 11.6 Å². The lowest BCUT2D eigenvalue weighted by molar-refractivity contribution is -0.138. The molecule has 1 saturated heterocycles. The average molecular weight is 433 g/mol. The fraction of sp³-hybridized carbons (Fsp3) is 0.296. The molecule has 1 fully saturated rings. The molecule has 3 aromatic rings. The van der Waals surface area contributed by atoms with Gasteiger partial charge < -0.3 is 4.90 Å². The van der Waals surface area contributed by atoms with Crippen LogP contribution in [0.15, 0.2) is 84.9 Å². The molecular weight excluding hydrogens is 404 g/mol. The van der Waals surface area contributed by atoms with Gasteiger partial charge in [0.05, 0.1) is 5.92 Å². The number of nitrogens with zero attached hydrogens (tertiary/aromatic N) is 2. The second kappa shape index (κ2) is 10.6. The third-order valence-electron chi connectivity index (χ3n) is 5.89. The van der Waals surface area contributed by atoms with E-state index in [0.29, 0.717) is 13.1 Å². The summed E-state index contributed by atoms with van der Waals surface area (Å²) < 4.78 is 0. The minimum absolute atomic E-state index is 0.0281. The smallest absolute Gasteiger partial charge is 0.227 e. The van der Waals surface area contributed by atoms with Gasteiger partial charge in [0, 0.05) is 31.2 Å². The SMILES string of the molecule is O=C(C1CCCN(Cc2cccc(Cl)c2)C1)N(Cc1ccccc1)Cc1ccccc1. The van der Waals surface area contributed by atoms with E-state index in [1.807, 2.05) is 59.5 Å². The lowest BCUT2D eigenvalue weighted by Crippen LogP contribution is -2.44. The number of benzene rings is 3. The second-order valence-electron chi connectivity index (χ2n) is 8.37. The van der Waals surface area contributed by atoms with E-state index >= 15 is 0 Å². The van der Waals surface area contributed by atoms with Gasteiger partial charge in [-0.1, -0.05) is 84.4 Å². The summed E-state index contributed by atoms with van der Waals surface area (Å²) in [6.07, 6.45) is 1.99. The Balaban J connectivity index is 1.47. The molecule has 0 aliphatic carbocycles. The topological polar surface area (TPSA) is 23.6 Å². The van der Waals surface area contributed by atoms with Gasteiger partial charge in [-0.2, -0.15) is 0 Å². The third kappa shape index (κ3) is 6.19. The summed E-state index contributed by atoms with van der Waals surface area (Å²) in [6.45, 7) is 3.93. The number of likely N-dealkylation sites (tertiary alicyclic amines) is 1. The Labute approximate surface area is 190 Å². The number of hydrogen-bond acceptors (Lipinski definition) is 2. The van der Waals surface area contributed by atoms with Crippen molar-refractivity contribution in [3.8, 4) is 0 Å². The Morgan fingerprint density at radius 3 is 2.10 bits per heavy atom. The summed E-state index contributed by atoms with van der Waals surface area (Å²) in [4.78, 5) is 18.1. The molecule has 1 amide bonds. The molecule has 3 aromatic carbocycles. The van der Waals surface area contributed by atoms with Crippen LogP contribution in [-0.2, 0) is 24.4 Å². The molecule has 1 atom stereocenters. The first-order valence-corrected chi connectivity index (χ1v) is 11.4. The fourth-order valence-electron chi connectivity index (χ4n) is 4.37. The molecule has 1 unspecified atom stereocenters. The standard InChI is InChI=1S/C27H29ClN2O/c28-26-15-7-13-24(17-26)18-29-16-8-14-25(21-29)27(31)30(19-22-9-3-1-4-10-22)20-23-11-5-2-6-12-23/h1-7,9-13,15,17,25H,8,14,16,18-21H2. The van der Waals surface area contributed by atoms with Crippen LogP contribution in [0.4, 0.5) is 0 Å². The van der Waals surface area contributed by atoms with Gasteiger partial charge in [-0.15, -0.1) is 0 Å². The highest BCUT2D eigenvalue weighted by molar-refractivity contribution is 6.30. The molecule has 1 aliphatic rings. The predicted octanol–water partition coefficient (Wildman–Crippen LogP) is 5.78. The monoisotopic (exact) mass is 432 g/mol. The van der Waals surface area contributed by atoms with Crippen molar-refractivity contribution in [2.45, 2.75) is 32.5 Å². The molecule has 1 heterocycles. The first kappa shape index (κ1) is 21.6. The zero-order valence-corrected chi connectivity index (χ0v) is 18.5. The van der Waals surface area contributed by atoms with Crippen molar-refractivity contribution in [1.29, 1.82) is 0 Å². The van der Waals surface area contributed by atoms with E-state index in [2.05, 4.69) is 35.2 Å². The fourth-order valence-corrected chi connectivity index (χ4v) is 4.58. The quantitative estimate of drug-likeness (QED) is 0.472. The van der Waals surface area contributed by atoms with Crippen molar-refractivity contribution in [3.05, 3.63) is 107 Å². The molecule has 1 aliphatic heterocycles. The van der Waals surface area contributed by atoms with Gasteiger partial charge in [-0.05, 0) is 48.2 Å². The Morgan fingerprint density at radius 1 is 0.871 bits per heavy atom. The molecule has 4 rings (SSSR count). The maximum absolute atomic E-state index is 13.6. The zero-order valence-electron chi connectivity index (χ0n) is 17.8. The summed E-state index contributed by atoms with van der Waals surface area (Å²) in [5.41, 5.74) is 3.53. The van der Waals surface area contributed by atoms with E-state index < -0.39 is 0 Å². The molecule has 31 heavy (non-hydrogen) atoms. The van der Waals surface area contributed by atoms with E-state index in [0.717, 1.165) is 37.5 Å². The van der Waals surface area contributed by atoms with E-state index in [1.54, 1.807) is 0 Å². The van der Waals surface area contributed by atoms with E-state index in [4.69, 9.17) is 11.6 Å².